The summed E-state index contributed by atoms with van der Waals surface area (Å²) in [6.07, 6.45) is 1.53. The lowest BCUT2D eigenvalue weighted by atomic mass is 10.2. The number of nitrogens with one attached hydrogen (secondary N) is 1. The largest absolute Gasteiger partial charge is 0.270 e. The number of nitro benzene ring substituents is 1. The molecule has 28 heavy (non-hydrogen) atoms. The number of fused-ring (bicyclic) bond motifs is 1. The molecule has 0 amide bonds. The van der Waals surface area contributed by atoms with E-state index in [0.29, 0.717) is 17.2 Å². The zero-order valence-corrected chi connectivity index (χ0v) is 15.7. The van der Waals surface area contributed by atoms with Gasteiger partial charge in [0.05, 0.1) is 16.5 Å². The van der Waals surface area contributed by atoms with Crippen molar-refractivity contribution in [2.24, 2.45) is 5.10 Å². The van der Waals surface area contributed by atoms with E-state index in [2.05, 4.69) is 32.6 Å². The zero-order chi connectivity index (χ0) is 19.5. The molecule has 0 bridgehead atoms. The van der Waals surface area contributed by atoms with E-state index in [4.69, 9.17) is 0 Å². The standard InChI is InChI=1S/C20H15N5O2S/c1-13-22-19(24-21-12-14-6-5-9-16(10-14)25(26)27)17-11-18(28-20(17)23-13)15-7-3-2-4-8-15/h2-12H,1H3,(H,22,23,24)/b21-12-. The Bertz CT molecular complexity index is 1190. The number of aromatic nitrogens is 2. The minimum Gasteiger partial charge on any atom is -0.261 e. The second-order valence-corrected chi connectivity index (χ2v) is 7.07. The van der Waals surface area contributed by atoms with E-state index in [9.17, 15) is 10.1 Å². The predicted octanol–water partition coefficient (Wildman–Crippen LogP) is 5.02. The van der Waals surface area contributed by atoms with Gasteiger partial charge in [0.15, 0.2) is 5.82 Å². The van der Waals surface area contributed by atoms with Crippen molar-refractivity contribution >= 4 is 39.3 Å². The van der Waals surface area contributed by atoms with Gasteiger partial charge in [-0.1, -0.05) is 42.5 Å². The van der Waals surface area contributed by atoms with Crippen LogP contribution < -0.4 is 5.43 Å². The Balaban J connectivity index is 1.64. The number of non-ortho nitro benzene ring substituents is 1. The molecule has 0 aliphatic carbocycles. The number of thiophene rings is 1. The summed E-state index contributed by atoms with van der Waals surface area (Å²) in [7, 11) is 0. The van der Waals surface area contributed by atoms with E-state index in [-0.39, 0.29) is 5.69 Å². The van der Waals surface area contributed by atoms with Crippen LogP contribution in [-0.4, -0.2) is 21.1 Å². The van der Waals surface area contributed by atoms with Crippen LogP contribution in [0, 0.1) is 17.0 Å². The van der Waals surface area contributed by atoms with Crippen molar-refractivity contribution in [2.45, 2.75) is 6.92 Å². The van der Waals surface area contributed by atoms with E-state index < -0.39 is 4.92 Å². The van der Waals surface area contributed by atoms with Crippen molar-refractivity contribution in [2.75, 3.05) is 5.43 Å². The Labute approximate surface area is 164 Å². The maximum atomic E-state index is 10.9. The fraction of sp³-hybridized carbons (Fsp3) is 0.0500. The molecule has 0 spiro atoms. The molecule has 0 saturated heterocycles. The van der Waals surface area contributed by atoms with Gasteiger partial charge in [-0.05, 0) is 18.6 Å². The summed E-state index contributed by atoms with van der Waals surface area (Å²) < 4.78 is 0. The molecule has 8 heteroatoms. The first-order valence-corrected chi connectivity index (χ1v) is 9.29. The average molecular weight is 389 g/mol. The van der Waals surface area contributed by atoms with Gasteiger partial charge in [-0.3, -0.25) is 15.5 Å². The van der Waals surface area contributed by atoms with Crippen LogP contribution in [0.4, 0.5) is 11.5 Å². The lowest BCUT2D eigenvalue weighted by Gasteiger charge is -2.02. The molecule has 4 rings (SSSR count). The molecule has 2 aromatic carbocycles. The van der Waals surface area contributed by atoms with Gasteiger partial charge in [0.25, 0.3) is 5.69 Å². The van der Waals surface area contributed by atoms with Gasteiger partial charge in [-0.2, -0.15) is 5.10 Å². The number of anilines is 1. The molecule has 2 heterocycles. The Morgan fingerprint density at radius 2 is 1.93 bits per heavy atom. The molecular weight excluding hydrogens is 374 g/mol. The minimum absolute atomic E-state index is 0.0227. The summed E-state index contributed by atoms with van der Waals surface area (Å²) in [4.78, 5) is 21.4. The molecule has 138 valence electrons. The maximum Gasteiger partial charge on any atom is 0.270 e. The van der Waals surface area contributed by atoms with Gasteiger partial charge >= 0.3 is 0 Å². The molecular formula is C20H15N5O2S. The second kappa shape index (κ2) is 7.53. The molecule has 0 unspecified atom stereocenters. The third kappa shape index (κ3) is 3.72. The second-order valence-electron chi connectivity index (χ2n) is 6.04. The summed E-state index contributed by atoms with van der Waals surface area (Å²) in [6.45, 7) is 1.83. The summed E-state index contributed by atoms with van der Waals surface area (Å²) in [6, 6.07) is 18.4. The van der Waals surface area contributed by atoms with Crippen LogP contribution in [-0.2, 0) is 0 Å². The molecule has 0 fully saturated rings. The summed E-state index contributed by atoms with van der Waals surface area (Å²) >= 11 is 1.60. The number of benzene rings is 2. The molecule has 0 aliphatic rings. The van der Waals surface area contributed by atoms with E-state index >= 15 is 0 Å². The van der Waals surface area contributed by atoms with Crippen LogP contribution >= 0.6 is 11.3 Å². The average Bonchev–Trinajstić information content (AvgIpc) is 3.13. The van der Waals surface area contributed by atoms with E-state index in [1.807, 2.05) is 31.2 Å². The Kier molecular flexibility index (Phi) is 4.77. The van der Waals surface area contributed by atoms with Crippen molar-refractivity contribution in [1.82, 2.24) is 9.97 Å². The van der Waals surface area contributed by atoms with Gasteiger partial charge in [0, 0.05) is 22.6 Å². The molecule has 7 nitrogen and oxygen atoms in total. The van der Waals surface area contributed by atoms with E-state index in [1.165, 1.54) is 18.3 Å². The van der Waals surface area contributed by atoms with Crippen molar-refractivity contribution in [3.63, 3.8) is 0 Å². The van der Waals surface area contributed by atoms with Crippen molar-refractivity contribution < 1.29 is 4.92 Å². The molecule has 1 N–H and O–H groups in total. The van der Waals surface area contributed by atoms with Crippen molar-refractivity contribution in [3.8, 4) is 10.4 Å². The van der Waals surface area contributed by atoms with Crippen LogP contribution in [0.15, 0.2) is 65.8 Å². The van der Waals surface area contributed by atoms with Crippen LogP contribution in [0.3, 0.4) is 0 Å². The first-order valence-electron chi connectivity index (χ1n) is 8.47. The van der Waals surface area contributed by atoms with Crippen molar-refractivity contribution in [3.05, 3.63) is 82.2 Å². The number of rotatable bonds is 5. The number of hydrogen-bond acceptors (Lipinski definition) is 7. The number of nitrogens with zero attached hydrogens (tertiary/aromatic N) is 4. The Morgan fingerprint density at radius 1 is 1.11 bits per heavy atom. The fourth-order valence-corrected chi connectivity index (χ4v) is 3.83. The number of aryl methyl sites for hydroxylation is 1. The van der Waals surface area contributed by atoms with Gasteiger partial charge in [0.2, 0.25) is 0 Å². The van der Waals surface area contributed by atoms with E-state index in [1.54, 1.807) is 23.5 Å². The van der Waals surface area contributed by atoms with Crippen LogP contribution in [0.2, 0.25) is 0 Å². The highest BCUT2D eigenvalue weighted by Gasteiger charge is 2.11. The predicted molar refractivity (Wildman–Crippen MR) is 112 cm³/mol. The molecule has 4 aromatic rings. The molecule has 0 atom stereocenters. The number of hydrogen-bond donors (Lipinski definition) is 1. The molecule has 0 saturated carbocycles. The van der Waals surface area contributed by atoms with Gasteiger partial charge in [-0.15, -0.1) is 11.3 Å². The summed E-state index contributed by atoms with van der Waals surface area (Å²) in [5.74, 6) is 1.24. The van der Waals surface area contributed by atoms with Gasteiger partial charge in [-0.25, -0.2) is 9.97 Å². The normalized spacial score (nSPS) is 11.2. The fourth-order valence-electron chi connectivity index (χ4n) is 2.74. The smallest absolute Gasteiger partial charge is 0.261 e. The number of hydrazone groups is 1. The molecule has 0 aliphatic heterocycles. The van der Waals surface area contributed by atoms with Crippen LogP contribution in [0.25, 0.3) is 20.7 Å². The topological polar surface area (TPSA) is 93.3 Å². The Morgan fingerprint density at radius 3 is 2.71 bits per heavy atom. The minimum atomic E-state index is -0.432. The summed E-state index contributed by atoms with van der Waals surface area (Å²) in [5, 5.41) is 16.0. The highest BCUT2D eigenvalue weighted by atomic mass is 32.1. The zero-order valence-electron chi connectivity index (χ0n) is 14.9. The monoisotopic (exact) mass is 389 g/mol. The van der Waals surface area contributed by atoms with Crippen molar-refractivity contribution in [1.29, 1.82) is 0 Å². The maximum absolute atomic E-state index is 10.9. The third-order valence-electron chi connectivity index (χ3n) is 4.03. The Hall–Kier alpha value is -3.65. The highest BCUT2D eigenvalue weighted by molar-refractivity contribution is 7.21. The molecule has 0 radical (unpaired) electrons. The first-order chi connectivity index (χ1) is 13.6. The van der Waals surface area contributed by atoms with Gasteiger partial charge in [0.1, 0.15) is 10.7 Å². The highest BCUT2D eigenvalue weighted by Crippen LogP contribution is 2.35. The third-order valence-corrected chi connectivity index (χ3v) is 5.11. The van der Waals surface area contributed by atoms with Crippen LogP contribution in [0.1, 0.15) is 11.4 Å². The SMILES string of the molecule is Cc1nc(N/N=C\c2cccc([N+](=O)[O-])c2)c2cc(-c3ccccc3)sc2n1. The quantitative estimate of drug-likeness (QED) is 0.294. The first kappa shape index (κ1) is 17.7. The summed E-state index contributed by atoms with van der Waals surface area (Å²) in [5.41, 5.74) is 4.71. The van der Waals surface area contributed by atoms with Gasteiger partial charge < -0.3 is 0 Å². The van der Waals surface area contributed by atoms with Crippen LogP contribution in [0.5, 0.6) is 0 Å². The lowest BCUT2D eigenvalue weighted by Crippen LogP contribution is -1.97. The van der Waals surface area contributed by atoms with E-state index in [0.717, 1.165) is 20.7 Å². The lowest BCUT2D eigenvalue weighted by molar-refractivity contribution is -0.384. The number of nitro groups is 1. The molecule has 2 aromatic heterocycles.